The van der Waals surface area contributed by atoms with Crippen LogP contribution in [0.15, 0.2) is 29.2 Å². The fourth-order valence-corrected chi connectivity index (χ4v) is 6.32. The topological polar surface area (TPSA) is 66.5 Å². The maximum Gasteiger partial charge on any atom is 0.251 e. The highest BCUT2D eigenvalue weighted by Gasteiger charge is 2.42. The van der Waals surface area contributed by atoms with Crippen LogP contribution in [-0.2, 0) is 10.0 Å². The zero-order chi connectivity index (χ0) is 18.9. The van der Waals surface area contributed by atoms with E-state index in [4.69, 9.17) is 0 Å². The molecule has 1 amide bonds. The Morgan fingerprint density at radius 2 is 1.96 bits per heavy atom. The highest BCUT2D eigenvalue weighted by atomic mass is 32.2. The van der Waals surface area contributed by atoms with Crippen LogP contribution in [0.5, 0.6) is 0 Å². The van der Waals surface area contributed by atoms with Gasteiger partial charge in [-0.1, -0.05) is 26.3 Å². The van der Waals surface area contributed by atoms with Gasteiger partial charge >= 0.3 is 0 Å². The van der Waals surface area contributed by atoms with Crippen LogP contribution in [0.1, 0.15) is 56.8 Å². The molecule has 4 atom stereocenters. The highest BCUT2D eigenvalue weighted by molar-refractivity contribution is 7.89. The molecule has 2 bridgehead atoms. The van der Waals surface area contributed by atoms with E-state index >= 15 is 0 Å². The minimum atomic E-state index is -3.55. The minimum Gasteiger partial charge on any atom is -0.349 e. The molecule has 0 radical (unpaired) electrons. The third-order valence-corrected chi connectivity index (χ3v) is 8.28. The van der Waals surface area contributed by atoms with E-state index in [9.17, 15) is 13.2 Å². The average Bonchev–Trinajstić information content (AvgIpc) is 3.26. The van der Waals surface area contributed by atoms with Crippen LogP contribution in [0.3, 0.4) is 0 Å². The molecule has 4 unspecified atom stereocenters. The first-order valence-corrected chi connectivity index (χ1v) is 11.2. The first kappa shape index (κ1) is 19.4. The molecular formula is C20H30N2O3S. The second-order valence-electron chi connectivity index (χ2n) is 7.72. The van der Waals surface area contributed by atoms with Gasteiger partial charge in [0.2, 0.25) is 10.0 Å². The number of nitrogens with zero attached hydrogens (tertiary/aromatic N) is 1. The van der Waals surface area contributed by atoms with Gasteiger partial charge in [-0.2, -0.15) is 4.31 Å². The van der Waals surface area contributed by atoms with E-state index in [1.165, 1.54) is 36.1 Å². The van der Waals surface area contributed by atoms with Gasteiger partial charge in [0.05, 0.1) is 4.90 Å². The molecule has 1 N–H and O–H groups in total. The molecule has 0 aromatic heterocycles. The van der Waals surface area contributed by atoms with Crippen LogP contribution in [0, 0.1) is 17.8 Å². The number of hydrogen-bond donors (Lipinski definition) is 1. The normalized spacial score (nSPS) is 26.2. The zero-order valence-electron chi connectivity index (χ0n) is 15.9. The molecule has 2 fully saturated rings. The van der Waals surface area contributed by atoms with Gasteiger partial charge in [0.25, 0.3) is 5.91 Å². The molecule has 5 nitrogen and oxygen atoms in total. The molecule has 1 aromatic rings. The second kappa shape index (κ2) is 7.69. The van der Waals surface area contributed by atoms with Gasteiger partial charge in [-0.15, -0.1) is 0 Å². The summed E-state index contributed by atoms with van der Waals surface area (Å²) in [4.78, 5) is 12.9. The van der Waals surface area contributed by atoms with E-state index < -0.39 is 10.0 Å². The molecule has 0 saturated heterocycles. The number of sulfonamides is 1. The molecule has 0 heterocycles. The first-order chi connectivity index (χ1) is 12.4. The van der Waals surface area contributed by atoms with Crippen LogP contribution in [0.2, 0.25) is 0 Å². The van der Waals surface area contributed by atoms with E-state index in [0.29, 0.717) is 24.6 Å². The van der Waals surface area contributed by atoms with Crippen molar-refractivity contribution in [2.45, 2.75) is 57.4 Å². The lowest BCUT2D eigenvalue weighted by atomic mass is 9.84. The summed E-state index contributed by atoms with van der Waals surface area (Å²) in [5.41, 5.74) is 0.410. The summed E-state index contributed by atoms with van der Waals surface area (Å²) < 4.78 is 26.8. The van der Waals surface area contributed by atoms with Gasteiger partial charge in [-0.05, 0) is 62.1 Å². The summed E-state index contributed by atoms with van der Waals surface area (Å²) in [6, 6.07) is 6.51. The summed E-state index contributed by atoms with van der Waals surface area (Å²) >= 11 is 0. The lowest BCUT2D eigenvalue weighted by Crippen LogP contribution is -2.40. The van der Waals surface area contributed by atoms with Crippen LogP contribution in [0.4, 0.5) is 0 Å². The Balaban J connectivity index is 1.72. The molecule has 0 aliphatic heterocycles. The van der Waals surface area contributed by atoms with Gasteiger partial charge < -0.3 is 5.32 Å². The Morgan fingerprint density at radius 3 is 2.54 bits per heavy atom. The van der Waals surface area contributed by atoms with E-state index in [1.807, 2.05) is 13.8 Å². The quantitative estimate of drug-likeness (QED) is 0.792. The van der Waals surface area contributed by atoms with Gasteiger partial charge in [0.15, 0.2) is 0 Å². The van der Waals surface area contributed by atoms with Crippen molar-refractivity contribution < 1.29 is 13.2 Å². The number of benzene rings is 1. The molecule has 2 aliphatic rings. The van der Waals surface area contributed by atoms with Crippen LogP contribution >= 0.6 is 0 Å². The fourth-order valence-electron chi connectivity index (χ4n) is 4.81. The maximum absolute atomic E-state index is 12.7. The third kappa shape index (κ3) is 3.67. The SMILES string of the molecule is CCN(CC)S(=O)(=O)c1cccc(C(=O)NC(C)C2CC3CCC2C3)c1. The lowest BCUT2D eigenvalue weighted by molar-refractivity contribution is 0.0915. The van der Waals surface area contributed by atoms with Crippen molar-refractivity contribution in [2.75, 3.05) is 13.1 Å². The molecule has 3 rings (SSSR count). The summed E-state index contributed by atoms with van der Waals surface area (Å²) in [7, 11) is -3.55. The van der Waals surface area contributed by atoms with E-state index in [2.05, 4.69) is 12.2 Å². The summed E-state index contributed by atoms with van der Waals surface area (Å²) in [5.74, 6) is 1.95. The molecule has 144 valence electrons. The monoisotopic (exact) mass is 378 g/mol. The van der Waals surface area contributed by atoms with Crippen molar-refractivity contribution in [1.82, 2.24) is 9.62 Å². The molecule has 1 aromatic carbocycles. The third-order valence-electron chi connectivity index (χ3n) is 6.23. The predicted octanol–water partition coefficient (Wildman–Crippen LogP) is 3.27. The van der Waals surface area contributed by atoms with Crippen molar-refractivity contribution >= 4 is 15.9 Å². The Bertz CT molecular complexity index is 758. The average molecular weight is 379 g/mol. The smallest absolute Gasteiger partial charge is 0.251 e. The summed E-state index contributed by atoms with van der Waals surface area (Å²) in [6.07, 6.45) is 5.14. The summed E-state index contributed by atoms with van der Waals surface area (Å²) in [6.45, 7) is 6.54. The summed E-state index contributed by atoms with van der Waals surface area (Å²) in [5, 5.41) is 3.11. The number of rotatable bonds is 7. The van der Waals surface area contributed by atoms with E-state index in [0.717, 1.165) is 11.8 Å². The van der Waals surface area contributed by atoms with Crippen LogP contribution < -0.4 is 5.32 Å². The van der Waals surface area contributed by atoms with Crippen LogP contribution in [-0.4, -0.2) is 37.8 Å². The molecular weight excluding hydrogens is 348 g/mol. The predicted molar refractivity (Wildman–Crippen MR) is 102 cm³/mol. The van der Waals surface area contributed by atoms with Crippen molar-refractivity contribution in [1.29, 1.82) is 0 Å². The first-order valence-electron chi connectivity index (χ1n) is 9.77. The van der Waals surface area contributed by atoms with Crippen LogP contribution in [0.25, 0.3) is 0 Å². The molecule has 0 spiro atoms. The molecule has 2 saturated carbocycles. The Labute approximate surface area is 157 Å². The Kier molecular flexibility index (Phi) is 5.72. The molecule has 26 heavy (non-hydrogen) atoms. The molecule has 2 aliphatic carbocycles. The van der Waals surface area contributed by atoms with Crippen molar-refractivity contribution in [3.05, 3.63) is 29.8 Å². The standard InChI is InChI=1S/C20H30N2O3S/c1-4-22(5-2)26(24,25)18-8-6-7-17(13-18)20(23)21-14(3)19-12-15-9-10-16(19)11-15/h6-8,13-16,19H,4-5,9-12H2,1-3H3,(H,21,23). The largest absolute Gasteiger partial charge is 0.349 e. The fraction of sp³-hybridized carbons (Fsp3) is 0.650. The van der Waals surface area contributed by atoms with Crippen molar-refractivity contribution in [3.63, 3.8) is 0 Å². The van der Waals surface area contributed by atoms with Crippen molar-refractivity contribution in [3.8, 4) is 0 Å². The maximum atomic E-state index is 12.7. The van der Waals surface area contributed by atoms with E-state index in [-0.39, 0.29) is 16.8 Å². The Hall–Kier alpha value is -1.40. The Morgan fingerprint density at radius 1 is 1.23 bits per heavy atom. The minimum absolute atomic E-state index is 0.126. The number of nitrogens with one attached hydrogen (secondary N) is 1. The molecule has 6 heteroatoms. The van der Waals surface area contributed by atoms with Crippen molar-refractivity contribution in [2.24, 2.45) is 17.8 Å². The number of carbonyl (C=O) groups is 1. The lowest BCUT2D eigenvalue weighted by Gasteiger charge is -2.28. The number of hydrogen-bond acceptors (Lipinski definition) is 3. The van der Waals surface area contributed by atoms with E-state index in [1.54, 1.807) is 18.2 Å². The van der Waals surface area contributed by atoms with Gasteiger partial charge in [0.1, 0.15) is 0 Å². The van der Waals surface area contributed by atoms with Gasteiger partial charge in [-0.3, -0.25) is 4.79 Å². The number of fused-ring (bicyclic) bond motifs is 2. The second-order valence-corrected chi connectivity index (χ2v) is 9.66. The highest BCUT2D eigenvalue weighted by Crippen LogP contribution is 2.49. The van der Waals surface area contributed by atoms with Gasteiger partial charge in [0, 0.05) is 24.7 Å². The van der Waals surface area contributed by atoms with Gasteiger partial charge in [-0.25, -0.2) is 8.42 Å². The number of carbonyl (C=O) groups excluding carboxylic acids is 1. The zero-order valence-corrected chi connectivity index (χ0v) is 16.8. The number of amides is 1.